The molecule has 0 fully saturated rings. The number of rotatable bonds is 13. The average Bonchev–Trinajstić information content (AvgIpc) is 3.03. The van der Waals surface area contributed by atoms with Gasteiger partial charge in [-0.25, -0.2) is 0 Å². The molecule has 0 atom stereocenters. The average molecular weight is 451 g/mol. The van der Waals surface area contributed by atoms with Crippen LogP contribution in [0.5, 0.6) is 11.5 Å². The quantitative estimate of drug-likeness (QED) is 0.301. The summed E-state index contributed by atoms with van der Waals surface area (Å²) in [4.78, 5) is 18.3. The Bertz CT molecular complexity index is 976. The third-order valence-corrected chi connectivity index (χ3v) is 5.90. The van der Waals surface area contributed by atoms with E-state index in [1.54, 1.807) is 14.2 Å². The molecule has 0 bridgehead atoms. The third kappa shape index (κ3) is 6.45. The Morgan fingerprint density at radius 3 is 1.77 bits per heavy atom. The number of aromatic nitrogens is 1. The van der Waals surface area contributed by atoms with E-state index >= 15 is 0 Å². The maximum Gasteiger partial charge on any atom is 0.325 e. The van der Waals surface area contributed by atoms with Crippen molar-refractivity contribution in [3.8, 4) is 11.5 Å². The van der Waals surface area contributed by atoms with Gasteiger partial charge in [0.1, 0.15) is 24.7 Å². The van der Waals surface area contributed by atoms with Crippen LogP contribution in [0.15, 0.2) is 36.4 Å². The molecule has 0 aliphatic carbocycles. The van der Waals surface area contributed by atoms with Crippen molar-refractivity contribution in [2.24, 2.45) is 0 Å². The van der Waals surface area contributed by atoms with Gasteiger partial charge in [-0.15, -0.1) is 0 Å². The summed E-state index contributed by atoms with van der Waals surface area (Å²) in [6.45, 7) is 2.56. The fraction of sp³-hybridized carbons (Fsp3) is 0.455. The normalized spacial score (nSPS) is 12.0. The molecule has 3 rings (SSSR count). The Kier molecular flexibility index (Phi) is 8.35. The molecule has 0 aliphatic heterocycles. The number of nitrogens with zero attached hydrogens (tertiary/aromatic N) is 1. The van der Waals surface area contributed by atoms with Gasteiger partial charge < -0.3 is 33.3 Å². The monoisotopic (exact) mass is 451 g/mol. The lowest BCUT2D eigenvalue weighted by atomic mass is 10.1. The van der Waals surface area contributed by atoms with Crippen molar-refractivity contribution < 1.29 is 33.3 Å². The largest absolute Gasteiger partial charge is 0.491 e. The molecular weight excluding hydrogens is 421 g/mol. The number of hydrogen-bond donors (Lipinski definition) is 2. The molecule has 0 saturated carbocycles. The number of methoxy groups -OCH3 is 2. The van der Waals surface area contributed by atoms with Crippen LogP contribution < -0.4 is 9.47 Å². The standard InChI is InChI=1S/C22H30NO7P/c1-27-10-12-29-17-5-7-19-20-8-6-18(30-13-11-28-2)16-22(20)23(21(19)15-17)9-3-4-14-31(24,25)26/h5-8,15-16H,3-4,9-14H2,1-2H3,(H2,24,25,26). The molecule has 0 amide bonds. The number of ether oxygens (including phenoxy) is 4. The molecule has 9 heteroatoms. The molecule has 0 unspecified atom stereocenters. The van der Waals surface area contributed by atoms with Gasteiger partial charge in [0.05, 0.1) is 24.2 Å². The second-order valence-corrected chi connectivity index (χ2v) is 9.06. The summed E-state index contributed by atoms with van der Waals surface area (Å²) in [6, 6.07) is 12.0. The number of fused-ring (bicyclic) bond motifs is 3. The predicted octanol–water partition coefficient (Wildman–Crippen LogP) is 3.80. The van der Waals surface area contributed by atoms with Crippen LogP contribution in [0.1, 0.15) is 12.8 Å². The van der Waals surface area contributed by atoms with Crippen LogP contribution in [0.2, 0.25) is 0 Å². The van der Waals surface area contributed by atoms with Crippen LogP contribution in [0.3, 0.4) is 0 Å². The molecule has 0 radical (unpaired) electrons. The van der Waals surface area contributed by atoms with E-state index in [-0.39, 0.29) is 6.16 Å². The fourth-order valence-corrected chi connectivity index (χ4v) is 4.18. The van der Waals surface area contributed by atoms with Gasteiger partial charge in [0.25, 0.3) is 0 Å². The highest BCUT2D eigenvalue weighted by Crippen LogP contribution is 2.37. The maximum atomic E-state index is 11.2. The summed E-state index contributed by atoms with van der Waals surface area (Å²) in [5.74, 6) is 1.50. The first-order valence-electron chi connectivity index (χ1n) is 10.3. The summed E-state index contributed by atoms with van der Waals surface area (Å²) in [7, 11) is -0.722. The van der Waals surface area contributed by atoms with Crippen LogP contribution in [0, 0.1) is 0 Å². The van der Waals surface area contributed by atoms with E-state index in [1.807, 2.05) is 36.4 Å². The molecule has 0 aliphatic rings. The first-order valence-corrected chi connectivity index (χ1v) is 12.1. The zero-order valence-electron chi connectivity index (χ0n) is 18.0. The molecule has 1 aromatic heterocycles. The van der Waals surface area contributed by atoms with Gasteiger partial charge in [-0.3, -0.25) is 4.57 Å². The molecule has 1 heterocycles. The summed E-state index contributed by atoms with van der Waals surface area (Å²) in [6.07, 6.45) is 0.980. The van der Waals surface area contributed by atoms with Gasteiger partial charge in [0.15, 0.2) is 0 Å². The molecule has 3 aromatic rings. The van der Waals surface area contributed by atoms with Gasteiger partial charge in [-0.1, -0.05) is 0 Å². The van der Waals surface area contributed by atoms with Gasteiger partial charge >= 0.3 is 7.60 Å². The number of benzene rings is 2. The Hall–Kier alpha value is -2.09. The van der Waals surface area contributed by atoms with E-state index in [0.29, 0.717) is 45.8 Å². The Morgan fingerprint density at radius 2 is 1.32 bits per heavy atom. The fourth-order valence-electron chi connectivity index (χ4n) is 3.55. The van der Waals surface area contributed by atoms with Crippen LogP contribution >= 0.6 is 7.60 Å². The van der Waals surface area contributed by atoms with Gasteiger partial charge in [0, 0.05) is 49.8 Å². The summed E-state index contributed by atoms with van der Waals surface area (Å²) in [5.41, 5.74) is 2.02. The second kappa shape index (κ2) is 11.0. The van der Waals surface area contributed by atoms with Crippen LogP contribution in [0.4, 0.5) is 0 Å². The lowest BCUT2D eigenvalue weighted by Crippen LogP contribution is -2.05. The van der Waals surface area contributed by atoms with E-state index in [0.717, 1.165) is 33.3 Å². The smallest absolute Gasteiger partial charge is 0.325 e. The van der Waals surface area contributed by atoms with Crippen molar-refractivity contribution in [3.63, 3.8) is 0 Å². The number of unbranched alkanes of at least 4 members (excludes halogenated alkanes) is 1. The summed E-state index contributed by atoms with van der Waals surface area (Å²) in [5, 5.41) is 2.18. The zero-order valence-corrected chi connectivity index (χ0v) is 18.8. The lowest BCUT2D eigenvalue weighted by Gasteiger charge is -2.11. The molecule has 0 spiro atoms. The van der Waals surface area contributed by atoms with Crippen molar-refractivity contribution in [1.29, 1.82) is 0 Å². The van der Waals surface area contributed by atoms with Crippen LogP contribution in [-0.2, 0) is 20.6 Å². The molecule has 2 N–H and O–H groups in total. The predicted molar refractivity (Wildman–Crippen MR) is 120 cm³/mol. The SMILES string of the molecule is COCCOc1ccc2c3ccc(OCCOC)cc3n(CCCCP(=O)(O)O)c2c1. The Labute approximate surface area is 181 Å². The van der Waals surface area contributed by atoms with Crippen molar-refractivity contribution in [2.45, 2.75) is 19.4 Å². The third-order valence-electron chi connectivity index (χ3n) is 5.00. The van der Waals surface area contributed by atoms with Crippen molar-refractivity contribution in [3.05, 3.63) is 36.4 Å². The maximum absolute atomic E-state index is 11.2. The molecule has 8 nitrogen and oxygen atoms in total. The lowest BCUT2D eigenvalue weighted by molar-refractivity contribution is 0.146. The van der Waals surface area contributed by atoms with E-state index in [2.05, 4.69) is 4.57 Å². The van der Waals surface area contributed by atoms with Crippen molar-refractivity contribution >= 4 is 29.4 Å². The van der Waals surface area contributed by atoms with E-state index in [1.165, 1.54) is 0 Å². The minimum absolute atomic E-state index is 0.110. The van der Waals surface area contributed by atoms with Gasteiger partial charge in [-0.2, -0.15) is 0 Å². The number of hydrogen-bond acceptors (Lipinski definition) is 5. The zero-order chi connectivity index (χ0) is 22.3. The number of aryl methyl sites for hydroxylation is 1. The van der Waals surface area contributed by atoms with Crippen LogP contribution in [0.25, 0.3) is 21.8 Å². The van der Waals surface area contributed by atoms with E-state index in [9.17, 15) is 4.57 Å². The molecule has 31 heavy (non-hydrogen) atoms. The Morgan fingerprint density at radius 1 is 0.806 bits per heavy atom. The minimum atomic E-state index is -3.99. The molecule has 0 saturated heterocycles. The molecule has 2 aromatic carbocycles. The summed E-state index contributed by atoms with van der Waals surface area (Å²) < 4.78 is 35.0. The van der Waals surface area contributed by atoms with Crippen LogP contribution in [-0.4, -0.2) is 61.2 Å². The highest BCUT2D eigenvalue weighted by molar-refractivity contribution is 7.51. The second-order valence-electron chi connectivity index (χ2n) is 7.29. The first kappa shape index (κ1) is 23.6. The topological polar surface area (TPSA) is 99.4 Å². The Balaban J connectivity index is 1.93. The highest BCUT2D eigenvalue weighted by atomic mass is 31.2. The highest BCUT2D eigenvalue weighted by Gasteiger charge is 2.15. The molecule has 170 valence electrons. The van der Waals surface area contributed by atoms with Gasteiger partial charge in [0.2, 0.25) is 0 Å². The van der Waals surface area contributed by atoms with Crippen molar-refractivity contribution in [2.75, 3.05) is 46.8 Å². The van der Waals surface area contributed by atoms with Crippen molar-refractivity contribution in [1.82, 2.24) is 4.57 Å². The van der Waals surface area contributed by atoms with E-state index in [4.69, 9.17) is 28.7 Å². The minimum Gasteiger partial charge on any atom is -0.491 e. The molecular formula is C22H30NO7P. The first-order chi connectivity index (χ1) is 14.9. The van der Waals surface area contributed by atoms with E-state index < -0.39 is 7.60 Å². The van der Waals surface area contributed by atoms with Gasteiger partial charge in [-0.05, 0) is 37.1 Å². The summed E-state index contributed by atoms with van der Waals surface area (Å²) >= 11 is 0.